The molecule has 0 aromatic heterocycles. The molecule has 2 amide bonds. The first kappa shape index (κ1) is 22.0. The lowest BCUT2D eigenvalue weighted by molar-refractivity contribution is -0.157. The van der Waals surface area contributed by atoms with Crippen molar-refractivity contribution in [3.05, 3.63) is 82.8 Å². The van der Waals surface area contributed by atoms with Crippen molar-refractivity contribution in [2.45, 2.75) is 25.3 Å². The van der Waals surface area contributed by atoms with Gasteiger partial charge in [0.1, 0.15) is 17.1 Å². The van der Waals surface area contributed by atoms with E-state index in [1.807, 2.05) is 6.92 Å². The van der Waals surface area contributed by atoms with E-state index in [0.717, 1.165) is 5.56 Å². The number of carbonyl (C=O) groups is 2. The summed E-state index contributed by atoms with van der Waals surface area (Å²) in [6, 6.07) is 13.3. The second-order valence-corrected chi connectivity index (χ2v) is 7.57. The first-order chi connectivity index (χ1) is 14.8. The van der Waals surface area contributed by atoms with Gasteiger partial charge in [-0.2, -0.15) is 5.26 Å². The summed E-state index contributed by atoms with van der Waals surface area (Å²) in [7, 11) is 3.18. The molecule has 0 spiro atoms. The minimum atomic E-state index is -1.09. The van der Waals surface area contributed by atoms with Crippen molar-refractivity contribution in [1.29, 1.82) is 5.26 Å². The summed E-state index contributed by atoms with van der Waals surface area (Å²) >= 11 is 0. The number of likely N-dealkylation sites (N-methyl/N-ethyl adjacent to an activating group) is 2. The number of nitrogens with zero attached hydrogens (tertiary/aromatic N) is 3. The van der Waals surface area contributed by atoms with Gasteiger partial charge in [0.2, 0.25) is 0 Å². The van der Waals surface area contributed by atoms with Gasteiger partial charge in [0.15, 0.2) is 0 Å². The first-order valence-corrected chi connectivity index (χ1v) is 9.97. The van der Waals surface area contributed by atoms with Gasteiger partial charge in [-0.15, -0.1) is 0 Å². The van der Waals surface area contributed by atoms with E-state index in [2.05, 4.69) is 12.6 Å². The normalized spacial score (nSPS) is 20.2. The van der Waals surface area contributed by atoms with Crippen LogP contribution in [0.2, 0.25) is 0 Å². The Morgan fingerprint density at radius 1 is 1.16 bits per heavy atom. The molecule has 1 saturated heterocycles. The van der Waals surface area contributed by atoms with Crippen LogP contribution in [0.15, 0.2) is 54.7 Å². The Kier molecular flexibility index (Phi) is 6.07. The summed E-state index contributed by atoms with van der Waals surface area (Å²) in [5.41, 5.74) is 1.49. The van der Waals surface area contributed by atoms with Crippen molar-refractivity contribution >= 4 is 24.0 Å². The van der Waals surface area contributed by atoms with Gasteiger partial charge >= 0.3 is 0 Å². The Labute approximate surface area is 181 Å². The van der Waals surface area contributed by atoms with Crippen LogP contribution < -0.4 is 0 Å². The molecule has 1 heterocycles. The molecule has 0 radical (unpaired) electrons. The maximum absolute atomic E-state index is 13.5. The molecule has 1 unspecified atom stereocenters. The molecule has 2 aromatic rings. The average Bonchev–Trinajstić information content (AvgIpc) is 2.79. The SMILES string of the molecule is C=Cc1cccc(C#N)c1/C=C1\C(=O)N(C)C(CC)(Cc2ccc(F)cc2)C(=O)N1C. The van der Waals surface area contributed by atoms with Gasteiger partial charge in [-0.3, -0.25) is 9.59 Å². The molecule has 1 aliphatic rings. The maximum atomic E-state index is 13.5. The minimum absolute atomic E-state index is 0.182. The summed E-state index contributed by atoms with van der Waals surface area (Å²) in [6.45, 7) is 5.63. The van der Waals surface area contributed by atoms with Gasteiger partial charge in [0.05, 0.1) is 11.6 Å². The van der Waals surface area contributed by atoms with Crippen LogP contribution in [0, 0.1) is 17.1 Å². The third-order valence-corrected chi connectivity index (χ3v) is 5.99. The largest absolute Gasteiger partial charge is 0.325 e. The van der Waals surface area contributed by atoms with E-state index in [1.165, 1.54) is 21.9 Å². The molecule has 3 rings (SSSR count). The number of piperazine rings is 1. The van der Waals surface area contributed by atoms with E-state index in [9.17, 15) is 19.2 Å². The molecule has 0 saturated carbocycles. The van der Waals surface area contributed by atoms with Crippen molar-refractivity contribution in [2.24, 2.45) is 0 Å². The molecule has 1 atom stereocenters. The second-order valence-electron chi connectivity index (χ2n) is 7.57. The van der Waals surface area contributed by atoms with E-state index in [-0.39, 0.29) is 29.7 Å². The summed E-state index contributed by atoms with van der Waals surface area (Å²) in [6.07, 6.45) is 3.85. The van der Waals surface area contributed by atoms with Crippen LogP contribution >= 0.6 is 0 Å². The number of benzene rings is 2. The number of carbonyl (C=O) groups excluding carboxylic acids is 2. The Morgan fingerprint density at radius 2 is 1.84 bits per heavy atom. The van der Waals surface area contributed by atoms with Crippen LogP contribution in [0.4, 0.5) is 4.39 Å². The number of hydrogen-bond donors (Lipinski definition) is 0. The first-order valence-electron chi connectivity index (χ1n) is 9.97. The highest BCUT2D eigenvalue weighted by atomic mass is 19.1. The fourth-order valence-electron chi connectivity index (χ4n) is 4.04. The van der Waals surface area contributed by atoms with Crippen molar-refractivity contribution in [3.63, 3.8) is 0 Å². The molecular formula is C25H24FN3O2. The van der Waals surface area contributed by atoms with Crippen LogP contribution in [0.25, 0.3) is 12.2 Å². The number of nitriles is 1. The zero-order chi connectivity index (χ0) is 22.8. The van der Waals surface area contributed by atoms with Gasteiger partial charge in [-0.1, -0.05) is 43.8 Å². The molecule has 0 N–H and O–H groups in total. The molecule has 31 heavy (non-hydrogen) atoms. The highest BCUT2D eigenvalue weighted by Crippen LogP contribution is 2.34. The lowest BCUT2D eigenvalue weighted by Crippen LogP contribution is -2.65. The monoisotopic (exact) mass is 417 g/mol. The summed E-state index contributed by atoms with van der Waals surface area (Å²) in [5, 5.41) is 9.49. The quantitative estimate of drug-likeness (QED) is 0.691. The molecule has 6 heteroatoms. The van der Waals surface area contributed by atoms with E-state index in [1.54, 1.807) is 56.6 Å². The van der Waals surface area contributed by atoms with Crippen molar-refractivity contribution in [1.82, 2.24) is 9.80 Å². The van der Waals surface area contributed by atoms with Gasteiger partial charge in [0, 0.05) is 26.1 Å². The zero-order valence-corrected chi connectivity index (χ0v) is 17.9. The summed E-state index contributed by atoms with van der Waals surface area (Å²) in [5.74, 6) is -0.915. The topological polar surface area (TPSA) is 64.4 Å². The molecular weight excluding hydrogens is 393 g/mol. The Balaban J connectivity index is 2.08. The number of amides is 2. The highest BCUT2D eigenvalue weighted by molar-refractivity contribution is 6.09. The van der Waals surface area contributed by atoms with E-state index < -0.39 is 5.54 Å². The molecule has 1 fully saturated rings. The number of rotatable bonds is 5. The van der Waals surface area contributed by atoms with Crippen LogP contribution in [-0.4, -0.2) is 41.2 Å². The van der Waals surface area contributed by atoms with Gasteiger partial charge in [-0.25, -0.2) is 4.39 Å². The van der Waals surface area contributed by atoms with Gasteiger partial charge in [-0.05, 0) is 41.8 Å². The van der Waals surface area contributed by atoms with Crippen LogP contribution in [0.3, 0.4) is 0 Å². The Bertz CT molecular complexity index is 1110. The Morgan fingerprint density at radius 3 is 2.42 bits per heavy atom. The standard InChI is InChI=1S/C25H24FN3O2/c1-5-18-8-7-9-19(16-27)21(18)14-22-23(30)29(4)25(6-2,24(31)28(22)3)15-17-10-12-20(26)13-11-17/h5,7-14H,1,6,15H2,2-4H3/b22-14+. The van der Waals surface area contributed by atoms with E-state index >= 15 is 0 Å². The maximum Gasteiger partial charge on any atom is 0.271 e. The van der Waals surface area contributed by atoms with Crippen LogP contribution in [-0.2, 0) is 16.0 Å². The van der Waals surface area contributed by atoms with Crippen molar-refractivity contribution in [2.75, 3.05) is 14.1 Å². The molecule has 0 bridgehead atoms. The smallest absolute Gasteiger partial charge is 0.271 e. The third kappa shape index (κ3) is 3.75. The van der Waals surface area contributed by atoms with Gasteiger partial charge < -0.3 is 9.80 Å². The van der Waals surface area contributed by atoms with Crippen molar-refractivity contribution in [3.8, 4) is 6.07 Å². The number of halogens is 1. The van der Waals surface area contributed by atoms with Crippen molar-refractivity contribution < 1.29 is 14.0 Å². The lowest BCUT2D eigenvalue weighted by atomic mass is 9.82. The van der Waals surface area contributed by atoms with Crippen LogP contribution in [0.1, 0.15) is 35.6 Å². The number of hydrogen-bond acceptors (Lipinski definition) is 3. The average molecular weight is 417 g/mol. The molecule has 5 nitrogen and oxygen atoms in total. The lowest BCUT2D eigenvalue weighted by Gasteiger charge is -2.47. The van der Waals surface area contributed by atoms with Gasteiger partial charge in [0.25, 0.3) is 11.8 Å². The molecule has 2 aromatic carbocycles. The Hall–Kier alpha value is -3.72. The van der Waals surface area contributed by atoms with E-state index in [0.29, 0.717) is 23.1 Å². The summed E-state index contributed by atoms with van der Waals surface area (Å²) in [4.78, 5) is 29.8. The molecule has 0 aliphatic carbocycles. The molecule has 1 aliphatic heterocycles. The zero-order valence-electron chi connectivity index (χ0n) is 17.9. The predicted molar refractivity (Wildman–Crippen MR) is 118 cm³/mol. The third-order valence-electron chi connectivity index (χ3n) is 5.99. The fourth-order valence-corrected chi connectivity index (χ4v) is 4.04. The minimum Gasteiger partial charge on any atom is -0.325 e. The second kappa shape index (κ2) is 8.57. The molecule has 158 valence electrons. The fraction of sp³-hybridized carbons (Fsp3) is 0.240. The predicted octanol–water partition coefficient (Wildman–Crippen LogP) is 4.00. The van der Waals surface area contributed by atoms with Crippen LogP contribution in [0.5, 0.6) is 0 Å². The highest BCUT2D eigenvalue weighted by Gasteiger charge is 2.50. The summed E-state index contributed by atoms with van der Waals surface area (Å²) < 4.78 is 13.3. The van der Waals surface area contributed by atoms with E-state index in [4.69, 9.17) is 0 Å².